The Morgan fingerprint density at radius 1 is 1.19 bits per heavy atom. The third-order valence-electron chi connectivity index (χ3n) is 3.96. The van der Waals surface area contributed by atoms with E-state index in [9.17, 15) is 4.79 Å². The largest absolute Gasteiger partial charge is 0.409 e. The van der Waals surface area contributed by atoms with E-state index in [4.69, 9.17) is 16.6 Å². The minimum absolute atomic E-state index is 0.0108. The summed E-state index contributed by atoms with van der Waals surface area (Å²) in [7, 11) is 0. The van der Waals surface area contributed by atoms with Crippen molar-refractivity contribution in [3.8, 4) is 11.5 Å². The van der Waals surface area contributed by atoms with Gasteiger partial charge in [-0.05, 0) is 68.4 Å². The maximum absolute atomic E-state index is 12.4. The number of nitrogens with zero attached hydrogens (tertiary/aromatic N) is 2. The van der Waals surface area contributed by atoms with Gasteiger partial charge in [-0.25, -0.2) is 4.68 Å². The molecule has 3 rings (SSSR count). The molecule has 1 heterocycles. The smallest absolute Gasteiger partial charge is 0.287 e. The Balaban J connectivity index is 1.78. The van der Waals surface area contributed by atoms with Gasteiger partial charge in [0, 0.05) is 15.7 Å². The minimum atomic E-state index is -0.210. The van der Waals surface area contributed by atoms with E-state index in [1.54, 1.807) is 0 Å². The SMILES string of the molecule is Cc1ccc(-c2nn(CC(=O)Nc3c(C)cc(Br)cc3C)c(=S)o2)cc1. The molecular weight excluding hydrogens is 414 g/mol. The van der Waals surface area contributed by atoms with Crippen molar-refractivity contribution in [1.29, 1.82) is 0 Å². The van der Waals surface area contributed by atoms with Crippen molar-refractivity contribution in [2.75, 3.05) is 5.32 Å². The maximum Gasteiger partial charge on any atom is 0.287 e. The van der Waals surface area contributed by atoms with Gasteiger partial charge < -0.3 is 9.73 Å². The van der Waals surface area contributed by atoms with E-state index in [0.717, 1.165) is 32.4 Å². The summed E-state index contributed by atoms with van der Waals surface area (Å²) in [4.78, 5) is 12.6. The number of aromatic nitrogens is 2. The molecule has 0 spiro atoms. The predicted octanol–water partition coefficient (Wildman–Crippen LogP) is 5.20. The first-order valence-corrected chi connectivity index (χ1v) is 9.25. The average Bonchev–Trinajstić information content (AvgIpc) is 2.92. The zero-order chi connectivity index (χ0) is 18.8. The number of hydrogen-bond acceptors (Lipinski definition) is 4. The van der Waals surface area contributed by atoms with Crippen molar-refractivity contribution in [1.82, 2.24) is 9.78 Å². The molecule has 3 aromatic rings. The summed E-state index contributed by atoms with van der Waals surface area (Å²) >= 11 is 8.65. The molecule has 0 aliphatic carbocycles. The molecule has 0 atom stereocenters. The molecule has 0 radical (unpaired) electrons. The summed E-state index contributed by atoms with van der Waals surface area (Å²) < 4.78 is 7.91. The Kier molecular flexibility index (Phi) is 5.38. The number of benzene rings is 2. The van der Waals surface area contributed by atoms with E-state index >= 15 is 0 Å². The number of carbonyl (C=O) groups excluding carboxylic acids is 1. The number of nitrogens with one attached hydrogen (secondary N) is 1. The van der Waals surface area contributed by atoms with Gasteiger partial charge in [-0.15, -0.1) is 5.10 Å². The standard InChI is InChI=1S/C19H18BrN3O2S/c1-11-4-6-14(7-5-11)18-22-23(19(26)25-18)10-16(24)21-17-12(2)8-15(20)9-13(17)3/h4-9H,10H2,1-3H3,(H,21,24). The molecule has 0 aliphatic rings. The molecule has 26 heavy (non-hydrogen) atoms. The zero-order valence-electron chi connectivity index (χ0n) is 14.7. The summed E-state index contributed by atoms with van der Waals surface area (Å²) in [6, 6.07) is 11.7. The predicted molar refractivity (Wildman–Crippen MR) is 108 cm³/mol. The highest BCUT2D eigenvalue weighted by Gasteiger charge is 2.13. The van der Waals surface area contributed by atoms with Crippen LogP contribution in [0.25, 0.3) is 11.5 Å². The molecule has 0 bridgehead atoms. The van der Waals surface area contributed by atoms with Crippen molar-refractivity contribution in [2.24, 2.45) is 0 Å². The molecule has 0 saturated carbocycles. The molecular formula is C19H18BrN3O2S. The molecule has 7 heteroatoms. The van der Waals surface area contributed by atoms with Crippen LogP contribution in [0.15, 0.2) is 45.3 Å². The van der Waals surface area contributed by atoms with E-state index in [0.29, 0.717) is 5.89 Å². The van der Waals surface area contributed by atoms with Crippen molar-refractivity contribution in [3.05, 3.63) is 62.4 Å². The lowest BCUT2D eigenvalue weighted by Gasteiger charge is -2.12. The monoisotopic (exact) mass is 431 g/mol. The van der Waals surface area contributed by atoms with Crippen LogP contribution in [0.4, 0.5) is 5.69 Å². The second-order valence-corrected chi connectivity index (χ2v) is 7.42. The molecule has 1 N–H and O–H groups in total. The molecule has 1 amide bonds. The fourth-order valence-corrected chi connectivity index (χ4v) is 3.51. The van der Waals surface area contributed by atoms with Gasteiger partial charge >= 0.3 is 0 Å². The fraction of sp³-hybridized carbons (Fsp3) is 0.211. The van der Waals surface area contributed by atoms with Gasteiger partial charge in [0.1, 0.15) is 6.54 Å². The van der Waals surface area contributed by atoms with Crippen LogP contribution >= 0.6 is 28.1 Å². The van der Waals surface area contributed by atoms with Crippen molar-refractivity contribution < 1.29 is 9.21 Å². The number of halogens is 1. The second-order valence-electron chi connectivity index (χ2n) is 6.16. The van der Waals surface area contributed by atoms with Crippen LogP contribution in [-0.2, 0) is 11.3 Å². The summed E-state index contributed by atoms with van der Waals surface area (Å²) in [6.45, 7) is 5.90. The van der Waals surface area contributed by atoms with Gasteiger partial charge in [0.05, 0.1) is 0 Å². The maximum atomic E-state index is 12.4. The number of rotatable bonds is 4. The van der Waals surface area contributed by atoms with Crippen LogP contribution < -0.4 is 5.32 Å². The highest BCUT2D eigenvalue weighted by molar-refractivity contribution is 9.10. The first kappa shape index (κ1) is 18.5. The molecule has 5 nitrogen and oxygen atoms in total. The van der Waals surface area contributed by atoms with Crippen LogP contribution in [-0.4, -0.2) is 15.7 Å². The Bertz CT molecular complexity index is 999. The number of carbonyl (C=O) groups is 1. The molecule has 134 valence electrons. The number of amides is 1. The van der Waals surface area contributed by atoms with Crippen molar-refractivity contribution in [2.45, 2.75) is 27.3 Å². The van der Waals surface area contributed by atoms with Gasteiger partial charge in [0.25, 0.3) is 4.84 Å². The Morgan fingerprint density at radius 2 is 1.81 bits per heavy atom. The Morgan fingerprint density at radius 3 is 2.42 bits per heavy atom. The van der Waals surface area contributed by atoms with Gasteiger partial charge in [-0.3, -0.25) is 4.79 Å². The number of anilines is 1. The van der Waals surface area contributed by atoms with Crippen molar-refractivity contribution in [3.63, 3.8) is 0 Å². The molecule has 1 aromatic heterocycles. The number of aryl methyl sites for hydroxylation is 3. The molecule has 0 fully saturated rings. The minimum Gasteiger partial charge on any atom is -0.409 e. The second kappa shape index (κ2) is 7.55. The lowest BCUT2D eigenvalue weighted by molar-refractivity contribution is -0.117. The van der Waals surface area contributed by atoms with Crippen LogP contribution in [0.3, 0.4) is 0 Å². The van der Waals surface area contributed by atoms with E-state index in [-0.39, 0.29) is 17.3 Å². The molecule has 0 unspecified atom stereocenters. The summed E-state index contributed by atoms with van der Waals surface area (Å²) in [6.07, 6.45) is 0. The Hall–Kier alpha value is -2.25. The lowest BCUT2D eigenvalue weighted by Crippen LogP contribution is -2.20. The van der Waals surface area contributed by atoms with E-state index < -0.39 is 0 Å². The third-order valence-corrected chi connectivity index (χ3v) is 4.71. The van der Waals surface area contributed by atoms with Crippen LogP contribution in [0, 0.1) is 25.6 Å². The van der Waals surface area contributed by atoms with E-state index in [1.165, 1.54) is 4.68 Å². The molecule has 0 aliphatic heterocycles. The molecule has 0 saturated heterocycles. The summed E-state index contributed by atoms with van der Waals surface area (Å²) in [5, 5.41) is 7.26. The van der Waals surface area contributed by atoms with E-state index in [1.807, 2.05) is 57.2 Å². The topological polar surface area (TPSA) is 60.1 Å². The lowest BCUT2D eigenvalue weighted by atomic mass is 10.1. The Labute approximate surface area is 165 Å². The highest BCUT2D eigenvalue weighted by Crippen LogP contribution is 2.25. The van der Waals surface area contributed by atoms with Crippen molar-refractivity contribution >= 4 is 39.7 Å². The fourth-order valence-electron chi connectivity index (χ4n) is 2.64. The van der Waals surface area contributed by atoms with E-state index in [2.05, 4.69) is 26.3 Å². The van der Waals surface area contributed by atoms with Crippen LogP contribution in [0.2, 0.25) is 0 Å². The van der Waals surface area contributed by atoms with Gasteiger partial charge in [-0.2, -0.15) is 0 Å². The number of hydrogen-bond donors (Lipinski definition) is 1. The van der Waals surface area contributed by atoms with Crippen LogP contribution in [0.1, 0.15) is 16.7 Å². The molecule has 2 aromatic carbocycles. The first-order chi connectivity index (χ1) is 12.3. The summed E-state index contributed by atoms with van der Waals surface area (Å²) in [5.41, 5.74) is 4.72. The normalized spacial score (nSPS) is 10.8. The highest BCUT2D eigenvalue weighted by atomic mass is 79.9. The van der Waals surface area contributed by atoms with Crippen LogP contribution in [0.5, 0.6) is 0 Å². The first-order valence-electron chi connectivity index (χ1n) is 8.05. The van der Waals surface area contributed by atoms with Gasteiger partial charge in [0.2, 0.25) is 11.8 Å². The quantitative estimate of drug-likeness (QED) is 0.576. The summed E-state index contributed by atoms with van der Waals surface area (Å²) in [5.74, 6) is 0.192. The van der Waals surface area contributed by atoms with Gasteiger partial charge in [-0.1, -0.05) is 33.6 Å². The zero-order valence-corrected chi connectivity index (χ0v) is 17.1. The third kappa shape index (κ3) is 4.11. The average molecular weight is 432 g/mol. The van der Waals surface area contributed by atoms with Gasteiger partial charge in [0.15, 0.2) is 0 Å².